The summed E-state index contributed by atoms with van der Waals surface area (Å²) in [7, 11) is 0. The maximum atomic E-state index is 11.0. The Hall–Kier alpha value is -0.820. The van der Waals surface area contributed by atoms with Crippen LogP contribution >= 0.6 is 28.3 Å². The number of hydrogen-bond acceptors (Lipinski definition) is 4. The van der Waals surface area contributed by atoms with Crippen LogP contribution in [0.2, 0.25) is 0 Å². The van der Waals surface area contributed by atoms with Gasteiger partial charge in [-0.15, -0.1) is 12.4 Å². The highest BCUT2D eigenvalue weighted by Crippen LogP contribution is 2.38. The molecule has 0 saturated heterocycles. The Kier molecular flexibility index (Phi) is 6.28. The zero-order chi connectivity index (χ0) is 14.1. The first-order valence-corrected chi connectivity index (χ1v) is 6.12. The molecule has 108 valence electrons. The molecule has 0 unspecified atom stereocenters. The van der Waals surface area contributed by atoms with Crippen LogP contribution in [0.3, 0.4) is 0 Å². The van der Waals surface area contributed by atoms with Gasteiger partial charge >= 0.3 is 5.97 Å². The van der Waals surface area contributed by atoms with Gasteiger partial charge in [-0.05, 0) is 12.1 Å². The van der Waals surface area contributed by atoms with Gasteiger partial charge in [-0.3, -0.25) is 0 Å². The Labute approximate surface area is 126 Å². The molecule has 19 heavy (non-hydrogen) atoms. The minimum Gasteiger partial charge on any atom is -0.507 e. The molecule has 1 atom stereocenters. The van der Waals surface area contributed by atoms with Crippen molar-refractivity contribution in [3.63, 3.8) is 0 Å². The maximum absolute atomic E-state index is 11.0. The van der Waals surface area contributed by atoms with Crippen LogP contribution in [0.5, 0.6) is 5.75 Å². The fourth-order valence-electron chi connectivity index (χ4n) is 1.54. The number of carboxylic acids is 1. The molecule has 5 N–H and O–H groups in total. The van der Waals surface area contributed by atoms with E-state index < -0.39 is 17.4 Å². The van der Waals surface area contributed by atoms with Gasteiger partial charge in [-0.2, -0.15) is 0 Å². The number of carboxylic acid groups (broad SMARTS) is 1. The number of hydrogen-bond donors (Lipinski definition) is 4. The summed E-state index contributed by atoms with van der Waals surface area (Å²) >= 11 is 3.18. The number of aromatic hydroxyl groups is 1. The third kappa shape index (κ3) is 3.82. The molecular weight excluding hydrogens is 337 g/mol. The zero-order valence-corrected chi connectivity index (χ0v) is 13.0. The third-order valence-electron chi connectivity index (χ3n) is 2.92. The van der Waals surface area contributed by atoms with Gasteiger partial charge < -0.3 is 21.1 Å². The molecule has 0 saturated carbocycles. The largest absolute Gasteiger partial charge is 0.507 e. The van der Waals surface area contributed by atoms with E-state index in [1.54, 1.807) is 19.9 Å². The first kappa shape index (κ1) is 18.2. The molecule has 1 rings (SSSR count). The molecule has 0 aliphatic heterocycles. The quantitative estimate of drug-likeness (QED) is 0.664. The second-order valence-electron chi connectivity index (χ2n) is 4.82. The van der Waals surface area contributed by atoms with Gasteiger partial charge in [0, 0.05) is 28.1 Å². The van der Waals surface area contributed by atoms with E-state index in [9.17, 15) is 15.0 Å². The third-order valence-corrected chi connectivity index (χ3v) is 3.38. The van der Waals surface area contributed by atoms with Gasteiger partial charge in [-0.1, -0.05) is 29.8 Å². The Morgan fingerprint density at radius 1 is 1.47 bits per heavy atom. The van der Waals surface area contributed by atoms with E-state index in [0.29, 0.717) is 10.0 Å². The number of aromatic carboxylic acids is 1. The molecule has 7 heteroatoms. The minimum atomic E-state index is -1.23. The van der Waals surface area contributed by atoms with Crippen molar-refractivity contribution in [3.8, 4) is 5.75 Å². The van der Waals surface area contributed by atoms with Crippen molar-refractivity contribution in [3.05, 3.63) is 27.7 Å². The molecule has 0 radical (unpaired) electrons. The monoisotopic (exact) mass is 353 g/mol. The molecular formula is C12H17BrClNO4. The standard InChI is InChI=1S/C12H16BrNO4.ClH/c1-12(2,5-15)10(14)7-3-6(13)4-8(9(7)16)11(17)18;/h3-4,10,15-16H,5,14H2,1-2H3,(H,17,18);1H/t10-;/m1./s1. The summed E-state index contributed by atoms with van der Waals surface area (Å²) in [5.41, 5.74) is 5.39. The molecule has 1 aromatic rings. The summed E-state index contributed by atoms with van der Waals surface area (Å²) in [5.74, 6) is -1.59. The number of rotatable bonds is 4. The van der Waals surface area contributed by atoms with Crippen molar-refractivity contribution in [1.82, 2.24) is 0 Å². The van der Waals surface area contributed by atoms with Crippen LogP contribution in [0.4, 0.5) is 0 Å². The topological polar surface area (TPSA) is 104 Å². The van der Waals surface area contributed by atoms with Crippen molar-refractivity contribution in [2.45, 2.75) is 19.9 Å². The first-order chi connectivity index (χ1) is 8.20. The summed E-state index contributed by atoms with van der Waals surface area (Å²) < 4.78 is 0.511. The molecule has 0 spiro atoms. The fraction of sp³-hybridized carbons (Fsp3) is 0.417. The highest BCUT2D eigenvalue weighted by atomic mass is 79.9. The molecule has 0 aromatic heterocycles. The van der Waals surface area contributed by atoms with E-state index in [1.807, 2.05) is 0 Å². The van der Waals surface area contributed by atoms with Crippen LogP contribution < -0.4 is 5.73 Å². The minimum absolute atomic E-state index is 0. The van der Waals surface area contributed by atoms with Crippen molar-refractivity contribution in [2.24, 2.45) is 11.1 Å². The van der Waals surface area contributed by atoms with Gasteiger partial charge in [0.15, 0.2) is 0 Å². The van der Waals surface area contributed by atoms with Crippen LogP contribution in [0, 0.1) is 5.41 Å². The number of phenols is 1. The van der Waals surface area contributed by atoms with E-state index in [0.717, 1.165) is 0 Å². The van der Waals surface area contributed by atoms with E-state index in [-0.39, 0.29) is 30.3 Å². The lowest BCUT2D eigenvalue weighted by Crippen LogP contribution is -2.32. The van der Waals surface area contributed by atoms with E-state index >= 15 is 0 Å². The molecule has 0 bridgehead atoms. The highest BCUT2D eigenvalue weighted by Gasteiger charge is 2.30. The normalized spacial score (nSPS) is 12.7. The van der Waals surface area contributed by atoms with Crippen LogP contribution in [0.15, 0.2) is 16.6 Å². The zero-order valence-electron chi connectivity index (χ0n) is 10.6. The van der Waals surface area contributed by atoms with E-state index in [4.69, 9.17) is 10.8 Å². The molecule has 0 aliphatic rings. The van der Waals surface area contributed by atoms with Crippen molar-refractivity contribution < 1.29 is 20.1 Å². The molecule has 0 aliphatic carbocycles. The summed E-state index contributed by atoms with van der Waals surface area (Å²) in [6, 6.07) is 2.18. The van der Waals surface area contributed by atoms with Crippen LogP contribution in [0.25, 0.3) is 0 Å². The van der Waals surface area contributed by atoms with Gasteiger partial charge in [0.2, 0.25) is 0 Å². The number of nitrogens with two attached hydrogens (primary N) is 1. The summed E-state index contributed by atoms with van der Waals surface area (Å²) in [6.07, 6.45) is 0. The van der Waals surface area contributed by atoms with Crippen LogP contribution in [-0.2, 0) is 0 Å². The smallest absolute Gasteiger partial charge is 0.339 e. The number of aliphatic hydroxyl groups excluding tert-OH is 1. The van der Waals surface area contributed by atoms with E-state index in [1.165, 1.54) is 6.07 Å². The molecule has 0 amide bonds. The average Bonchev–Trinajstić information content (AvgIpc) is 2.30. The Bertz CT molecular complexity index is 479. The lowest BCUT2D eigenvalue weighted by atomic mass is 9.81. The van der Waals surface area contributed by atoms with Crippen LogP contribution in [-0.4, -0.2) is 27.9 Å². The highest BCUT2D eigenvalue weighted by molar-refractivity contribution is 9.10. The van der Waals surface area contributed by atoms with Gasteiger partial charge in [0.1, 0.15) is 11.3 Å². The second-order valence-corrected chi connectivity index (χ2v) is 5.74. The van der Waals surface area contributed by atoms with Crippen molar-refractivity contribution in [2.75, 3.05) is 6.61 Å². The van der Waals surface area contributed by atoms with Crippen LogP contribution in [0.1, 0.15) is 35.8 Å². The summed E-state index contributed by atoms with van der Waals surface area (Å²) in [5, 5.41) is 28.2. The Balaban J connectivity index is 0.00000324. The molecule has 1 aromatic carbocycles. The Morgan fingerprint density at radius 3 is 2.42 bits per heavy atom. The van der Waals surface area contributed by atoms with Gasteiger partial charge in [0.25, 0.3) is 0 Å². The summed E-state index contributed by atoms with van der Waals surface area (Å²) in [4.78, 5) is 11.0. The lowest BCUT2D eigenvalue weighted by molar-refractivity contribution is 0.0693. The second kappa shape index (κ2) is 6.56. The maximum Gasteiger partial charge on any atom is 0.339 e. The molecule has 5 nitrogen and oxygen atoms in total. The first-order valence-electron chi connectivity index (χ1n) is 5.33. The van der Waals surface area contributed by atoms with Crippen molar-refractivity contribution in [1.29, 1.82) is 0 Å². The summed E-state index contributed by atoms with van der Waals surface area (Å²) in [6.45, 7) is 3.29. The van der Waals surface area contributed by atoms with Crippen molar-refractivity contribution >= 4 is 34.3 Å². The number of carbonyl (C=O) groups is 1. The number of halogens is 2. The van der Waals surface area contributed by atoms with E-state index in [2.05, 4.69) is 15.9 Å². The number of benzene rings is 1. The fourth-order valence-corrected chi connectivity index (χ4v) is 2.02. The average molecular weight is 355 g/mol. The lowest BCUT2D eigenvalue weighted by Gasteiger charge is -2.30. The van der Waals surface area contributed by atoms with Gasteiger partial charge in [-0.25, -0.2) is 4.79 Å². The SMILES string of the molecule is CC(C)(CO)[C@H](N)c1cc(Br)cc(C(=O)O)c1O.Cl. The van der Waals surface area contributed by atoms with Gasteiger partial charge in [0.05, 0.1) is 0 Å². The predicted octanol–water partition coefficient (Wildman–Crippen LogP) is 2.29. The Morgan fingerprint density at radius 2 is 2.00 bits per heavy atom. The predicted molar refractivity (Wildman–Crippen MR) is 77.8 cm³/mol. The number of aliphatic hydroxyl groups is 1. The molecule has 0 heterocycles. The molecule has 0 fully saturated rings.